The number of methoxy groups -OCH3 is 1. The Morgan fingerprint density at radius 2 is 1.93 bits per heavy atom. The number of amides is 1. The van der Waals surface area contributed by atoms with E-state index in [4.69, 9.17) is 9.26 Å². The fourth-order valence-corrected chi connectivity index (χ4v) is 5.89. The standard InChI is InChI=1S/C27H28F3N8O4P/c1-31-25(39)23-21-8-7-19(34-23)17-12-33-38(14-17)9-4-10-42-43(3,40)15-16-5-6-20(22(11-16)41-2)36-26-32-13-18(27(28,29)30)24(35-21)37-26/h5-8,11-14H,4,9-10,15H2,1-3H3,(H,31,39)(H2,32,35,36,37). The third kappa shape index (κ3) is 6.95. The maximum absolute atomic E-state index is 14.0. The minimum atomic E-state index is -4.81. The number of nitrogens with one attached hydrogen (secondary N) is 3. The van der Waals surface area contributed by atoms with Gasteiger partial charge in [0.25, 0.3) is 5.91 Å². The van der Waals surface area contributed by atoms with Crippen molar-refractivity contribution in [1.82, 2.24) is 30.0 Å². The molecule has 0 spiro atoms. The smallest absolute Gasteiger partial charge is 0.421 e. The number of aryl methyl sites for hydroxylation is 1. The number of carbonyl (C=O) groups is 1. The van der Waals surface area contributed by atoms with Gasteiger partial charge in [0.1, 0.15) is 17.1 Å². The molecule has 0 radical (unpaired) electrons. The van der Waals surface area contributed by atoms with Crippen LogP contribution >= 0.6 is 7.37 Å². The first-order chi connectivity index (χ1) is 20.5. The summed E-state index contributed by atoms with van der Waals surface area (Å²) >= 11 is 0. The van der Waals surface area contributed by atoms with Gasteiger partial charge in [0, 0.05) is 44.4 Å². The lowest BCUT2D eigenvalue weighted by Gasteiger charge is -2.18. The number of carbonyl (C=O) groups excluding carboxylic acids is 1. The van der Waals surface area contributed by atoms with Gasteiger partial charge in [-0.25, -0.2) is 9.97 Å². The Morgan fingerprint density at radius 1 is 1.14 bits per heavy atom. The molecule has 43 heavy (non-hydrogen) atoms. The van der Waals surface area contributed by atoms with Crippen LogP contribution in [0.2, 0.25) is 0 Å². The van der Waals surface area contributed by atoms with E-state index < -0.39 is 30.8 Å². The van der Waals surface area contributed by atoms with Gasteiger partial charge in [-0.1, -0.05) is 6.07 Å². The molecule has 8 rings (SSSR count). The van der Waals surface area contributed by atoms with Crippen molar-refractivity contribution in [3.05, 3.63) is 65.7 Å². The zero-order valence-electron chi connectivity index (χ0n) is 23.4. The highest BCUT2D eigenvalue weighted by Crippen LogP contribution is 2.47. The van der Waals surface area contributed by atoms with Crippen LogP contribution in [0.3, 0.4) is 0 Å². The SMILES string of the molecule is CNC(=O)c1nc2ccc1Nc1nc(ncc1C(F)(F)F)Nc1ccc(cc1OC)CP(C)(=O)OCCCn1cc-2cn1. The summed E-state index contributed by atoms with van der Waals surface area (Å²) in [5, 5.41) is 12.3. The zero-order chi connectivity index (χ0) is 30.8. The molecule has 8 bridgehead atoms. The lowest BCUT2D eigenvalue weighted by molar-refractivity contribution is -0.137. The Labute approximate surface area is 244 Å². The van der Waals surface area contributed by atoms with Crippen LogP contribution in [0.25, 0.3) is 11.3 Å². The Hall–Kier alpha value is -4.49. The normalized spacial score (nSPS) is 17.3. The van der Waals surface area contributed by atoms with Gasteiger partial charge >= 0.3 is 6.18 Å². The van der Waals surface area contributed by atoms with Crippen molar-refractivity contribution in [3.63, 3.8) is 0 Å². The van der Waals surface area contributed by atoms with Crippen LogP contribution in [0, 0.1) is 0 Å². The molecule has 0 saturated carbocycles. The van der Waals surface area contributed by atoms with E-state index in [0.29, 0.717) is 47.4 Å². The van der Waals surface area contributed by atoms with E-state index in [0.717, 1.165) is 0 Å². The number of nitrogens with zero attached hydrogens (tertiary/aromatic N) is 5. The highest BCUT2D eigenvalue weighted by molar-refractivity contribution is 7.57. The summed E-state index contributed by atoms with van der Waals surface area (Å²) in [6, 6.07) is 7.98. The molecule has 12 nitrogen and oxygen atoms in total. The summed E-state index contributed by atoms with van der Waals surface area (Å²) in [6.07, 6.45) is -0.211. The predicted octanol–water partition coefficient (Wildman–Crippen LogP) is 5.44. The van der Waals surface area contributed by atoms with Crippen LogP contribution in [-0.2, 0) is 28.0 Å². The molecule has 1 amide bonds. The number of pyridine rings is 1. The van der Waals surface area contributed by atoms with E-state index in [1.807, 2.05) is 0 Å². The number of aromatic nitrogens is 5. The third-order valence-electron chi connectivity index (χ3n) is 6.49. The number of hydrogen-bond donors (Lipinski definition) is 3. The van der Waals surface area contributed by atoms with Crippen LogP contribution in [-0.4, -0.2) is 58.1 Å². The first-order valence-electron chi connectivity index (χ1n) is 13.1. The van der Waals surface area contributed by atoms with Crippen molar-refractivity contribution in [2.75, 3.05) is 38.1 Å². The number of rotatable bonds is 2. The minimum Gasteiger partial charge on any atom is -0.495 e. The topological polar surface area (TPSA) is 145 Å². The van der Waals surface area contributed by atoms with Crippen LogP contribution < -0.4 is 20.7 Å². The van der Waals surface area contributed by atoms with Gasteiger partial charge in [0.15, 0.2) is 5.69 Å². The quantitative estimate of drug-likeness (QED) is 0.249. The van der Waals surface area contributed by atoms with Crippen LogP contribution in [0.5, 0.6) is 5.75 Å². The van der Waals surface area contributed by atoms with Crippen molar-refractivity contribution in [2.24, 2.45) is 0 Å². The summed E-state index contributed by atoms with van der Waals surface area (Å²) < 4.78 is 68.0. The van der Waals surface area contributed by atoms with Gasteiger partial charge in [0.05, 0.1) is 37.0 Å². The van der Waals surface area contributed by atoms with Gasteiger partial charge in [-0.05, 0) is 36.2 Å². The monoisotopic (exact) mass is 616 g/mol. The summed E-state index contributed by atoms with van der Waals surface area (Å²) in [5.41, 5.74) is 0.699. The lowest BCUT2D eigenvalue weighted by Crippen LogP contribution is -2.21. The third-order valence-corrected chi connectivity index (χ3v) is 8.16. The predicted molar refractivity (Wildman–Crippen MR) is 153 cm³/mol. The maximum atomic E-state index is 14.0. The van der Waals surface area contributed by atoms with E-state index in [1.54, 1.807) is 48.0 Å². The van der Waals surface area contributed by atoms with E-state index in [1.165, 1.54) is 20.2 Å². The molecule has 4 aliphatic heterocycles. The van der Waals surface area contributed by atoms with Crippen molar-refractivity contribution in [3.8, 4) is 17.0 Å². The molecular weight excluding hydrogens is 588 g/mol. The van der Waals surface area contributed by atoms with Gasteiger partial charge in [0.2, 0.25) is 13.3 Å². The molecule has 1 atom stereocenters. The Bertz CT molecular complexity index is 1710. The number of hydrogen-bond acceptors (Lipinski definition) is 10. The summed E-state index contributed by atoms with van der Waals surface area (Å²) in [4.78, 5) is 25.1. The van der Waals surface area contributed by atoms with Gasteiger partial charge < -0.3 is 25.2 Å². The van der Waals surface area contributed by atoms with Crippen molar-refractivity contribution >= 4 is 36.4 Å². The first kappa shape index (κ1) is 30.0. The van der Waals surface area contributed by atoms with E-state index in [9.17, 15) is 22.5 Å². The van der Waals surface area contributed by atoms with Crippen molar-refractivity contribution in [2.45, 2.75) is 25.3 Å². The van der Waals surface area contributed by atoms with Crippen LogP contribution in [0.1, 0.15) is 28.0 Å². The first-order valence-corrected chi connectivity index (χ1v) is 15.3. The largest absolute Gasteiger partial charge is 0.495 e. The number of halogens is 3. The number of ether oxygens (including phenoxy) is 1. The lowest BCUT2D eigenvalue weighted by atomic mass is 10.1. The van der Waals surface area contributed by atoms with Gasteiger partial charge in [-0.2, -0.15) is 23.3 Å². The second-order valence-electron chi connectivity index (χ2n) is 9.76. The highest BCUT2D eigenvalue weighted by atomic mass is 31.2. The number of benzene rings is 1. The van der Waals surface area contributed by atoms with E-state index in [2.05, 4.69) is 36.0 Å². The summed E-state index contributed by atoms with van der Waals surface area (Å²) in [5.74, 6) is -1.07. The molecule has 3 N–H and O–H groups in total. The van der Waals surface area contributed by atoms with Crippen molar-refractivity contribution in [1.29, 1.82) is 0 Å². The molecule has 226 valence electrons. The molecule has 1 aromatic carbocycles. The van der Waals surface area contributed by atoms with Crippen LogP contribution in [0.15, 0.2) is 48.9 Å². The summed E-state index contributed by atoms with van der Waals surface area (Å²) in [7, 11) is -0.212. The van der Waals surface area contributed by atoms with Gasteiger partial charge in [-0.15, -0.1) is 0 Å². The van der Waals surface area contributed by atoms with E-state index >= 15 is 0 Å². The number of anilines is 4. The highest BCUT2D eigenvalue weighted by Gasteiger charge is 2.36. The second kappa shape index (κ2) is 12.0. The number of alkyl halides is 3. The zero-order valence-corrected chi connectivity index (χ0v) is 24.3. The second-order valence-corrected chi connectivity index (χ2v) is 12.4. The minimum absolute atomic E-state index is 0.00383. The Kier molecular flexibility index (Phi) is 8.38. The van der Waals surface area contributed by atoms with Crippen LogP contribution in [0.4, 0.5) is 36.3 Å². The Morgan fingerprint density at radius 3 is 2.67 bits per heavy atom. The molecule has 16 heteroatoms. The van der Waals surface area contributed by atoms with E-state index in [-0.39, 0.29) is 30.1 Å². The molecule has 4 aliphatic rings. The van der Waals surface area contributed by atoms with Gasteiger partial charge in [-0.3, -0.25) is 14.0 Å². The molecule has 7 heterocycles. The fourth-order valence-electron chi connectivity index (χ4n) is 4.42. The maximum Gasteiger partial charge on any atom is 0.421 e. The average Bonchev–Trinajstić information content (AvgIpc) is 3.44. The molecule has 1 unspecified atom stereocenters. The molecule has 0 aliphatic carbocycles. The molecular formula is C27H28F3N8O4P. The molecule has 0 saturated heterocycles. The molecule has 0 fully saturated rings. The Balaban J connectivity index is 1.62. The van der Waals surface area contributed by atoms with Crippen molar-refractivity contribution < 1.29 is 31.8 Å². The average molecular weight is 617 g/mol. The molecule has 4 aromatic rings. The summed E-state index contributed by atoms with van der Waals surface area (Å²) in [6.45, 7) is 2.26. The fraction of sp³-hybridized carbons (Fsp3) is 0.296. The molecule has 3 aromatic heterocycles.